The van der Waals surface area contributed by atoms with Gasteiger partial charge in [-0.25, -0.2) is 0 Å². The predicted molar refractivity (Wildman–Crippen MR) is 76.0 cm³/mol. The van der Waals surface area contributed by atoms with E-state index in [4.69, 9.17) is 5.73 Å². The van der Waals surface area contributed by atoms with Crippen molar-refractivity contribution in [1.82, 2.24) is 4.90 Å². The molecule has 1 amide bonds. The number of halogens is 3. The lowest BCUT2D eigenvalue weighted by Crippen LogP contribution is -2.29. The van der Waals surface area contributed by atoms with Crippen molar-refractivity contribution < 1.29 is 22.9 Å². The Labute approximate surface area is 130 Å². The first kappa shape index (κ1) is 17.2. The molecule has 1 aliphatic heterocycles. The lowest BCUT2D eigenvalue weighted by atomic mass is 9.94. The van der Waals surface area contributed by atoms with Crippen LogP contribution in [0.3, 0.4) is 0 Å². The molecule has 1 atom stereocenters. The fraction of sp³-hybridized carbons (Fsp3) is 0.500. The Kier molecular flexibility index (Phi) is 4.60. The van der Waals surface area contributed by atoms with Gasteiger partial charge in [-0.2, -0.15) is 13.2 Å². The van der Waals surface area contributed by atoms with Gasteiger partial charge < -0.3 is 10.6 Å². The molecule has 1 aromatic carbocycles. The molecular formula is C14H16F3N3O3. The predicted octanol–water partition coefficient (Wildman–Crippen LogP) is 2.35. The lowest BCUT2D eigenvalue weighted by molar-refractivity contribution is -0.385. The molecule has 1 saturated heterocycles. The molecule has 2 N–H and O–H groups in total. The second-order valence-corrected chi connectivity index (χ2v) is 5.62. The second kappa shape index (κ2) is 6.15. The molecule has 1 fully saturated rings. The molecule has 126 valence electrons. The summed E-state index contributed by atoms with van der Waals surface area (Å²) in [6.07, 6.45) is -3.03. The van der Waals surface area contributed by atoms with Crippen LogP contribution < -0.4 is 5.73 Å². The molecule has 0 aliphatic carbocycles. The summed E-state index contributed by atoms with van der Waals surface area (Å²) in [5.74, 6) is -1.10. The molecule has 1 heterocycles. The number of likely N-dealkylation sites (tertiary alicyclic amines) is 1. The Bertz CT molecular complexity index is 611. The minimum Gasteiger partial charge on any atom is -0.366 e. The third kappa shape index (κ3) is 3.61. The van der Waals surface area contributed by atoms with Gasteiger partial charge >= 0.3 is 6.18 Å². The van der Waals surface area contributed by atoms with E-state index in [-0.39, 0.29) is 18.0 Å². The van der Waals surface area contributed by atoms with Crippen LogP contribution >= 0.6 is 0 Å². The maximum Gasteiger partial charge on any atom is 0.416 e. The van der Waals surface area contributed by atoms with E-state index in [0.717, 1.165) is 19.4 Å². The molecule has 0 radical (unpaired) electrons. The van der Waals surface area contributed by atoms with Crippen LogP contribution in [0.2, 0.25) is 0 Å². The van der Waals surface area contributed by atoms with Gasteiger partial charge in [-0.1, -0.05) is 0 Å². The number of nitrogens with zero attached hydrogens (tertiary/aromatic N) is 2. The monoisotopic (exact) mass is 331 g/mol. The number of carbonyl (C=O) groups is 1. The molecule has 0 spiro atoms. The van der Waals surface area contributed by atoms with Crippen molar-refractivity contribution in [2.45, 2.75) is 31.5 Å². The standard InChI is InChI=1S/C14H16F3N3O3/c1-19-4-2-3-9(19)7-10-11(13(18)21)5-8(14(15,16)17)6-12(10)20(22)23/h5-6,9H,2-4,7H2,1H3,(H2,18,21). The van der Waals surface area contributed by atoms with Crippen LogP contribution in [0.25, 0.3) is 0 Å². The van der Waals surface area contributed by atoms with Gasteiger partial charge in [0.25, 0.3) is 5.69 Å². The molecule has 1 unspecified atom stereocenters. The highest BCUT2D eigenvalue weighted by Gasteiger charge is 2.36. The average molecular weight is 331 g/mol. The SMILES string of the molecule is CN1CCCC1Cc1c(C(N)=O)cc(C(F)(F)F)cc1[N+](=O)[O-]. The number of nitro groups is 1. The van der Waals surface area contributed by atoms with Gasteiger partial charge in [0.15, 0.2) is 0 Å². The summed E-state index contributed by atoms with van der Waals surface area (Å²) in [6.45, 7) is 0.797. The van der Waals surface area contributed by atoms with Crippen LogP contribution in [-0.4, -0.2) is 35.4 Å². The molecule has 2 rings (SSSR count). The van der Waals surface area contributed by atoms with Gasteiger partial charge in [0, 0.05) is 23.2 Å². The Morgan fingerprint density at radius 3 is 2.57 bits per heavy atom. The van der Waals surface area contributed by atoms with Crippen LogP contribution in [0, 0.1) is 10.1 Å². The number of benzene rings is 1. The zero-order valence-corrected chi connectivity index (χ0v) is 12.4. The summed E-state index contributed by atoms with van der Waals surface area (Å²) in [5.41, 5.74) is 2.73. The van der Waals surface area contributed by atoms with E-state index in [2.05, 4.69) is 0 Å². The van der Waals surface area contributed by atoms with Crippen molar-refractivity contribution in [2.24, 2.45) is 5.73 Å². The van der Waals surface area contributed by atoms with Crippen molar-refractivity contribution in [3.8, 4) is 0 Å². The van der Waals surface area contributed by atoms with Crippen molar-refractivity contribution in [1.29, 1.82) is 0 Å². The first-order chi connectivity index (χ1) is 10.6. The number of likely N-dealkylation sites (N-methyl/N-ethyl adjacent to an activating group) is 1. The van der Waals surface area contributed by atoms with Gasteiger partial charge in [0.2, 0.25) is 5.91 Å². The number of nitro benzene ring substituents is 1. The number of amides is 1. The topological polar surface area (TPSA) is 89.5 Å². The van der Waals surface area contributed by atoms with Gasteiger partial charge in [0.1, 0.15) is 0 Å². The summed E-state index contributed by atoms with van der Waals surface area (Å²) in [4.78, 5) is 23.8. The normalized spacial score (nSPS) is 19.0. The molecule has 6 nitrogen and oxygen atoms in total. The first-order valence-electron chi connectivity index (χ1n) is 6.99. The van der Waals surface area contributed by atoms with Crippen molar-refractivity contribution >= 4 is 11.6 Å². The maximum atomic E-state index is 12.9. The highest BCUT2D eigenvalue weighted by molar-refractivity contribution is 5.95. The van der Waals surface area contributed by atoms with E-state index in [0.29, 0.717) is 12.1 Å². The molecule has 23 heavy (non-hydrogen) atoms. The highest BCUT2D eigenvalue weighted by atomic mass is 19.4. The molecule has 0 aromatic heterocycles. The number of primary amides is 1. The first-order valence-corrected chi connectivity index (χ1v) is 6.99. The minimum absolute atomic E-state index is 0.0331. The van der Waals surface area contributed by atoms with Gasteiger partial charge in [-0.3, -0.25) is 14.9 Å². The summed E-state index contributed by atoms with van der Waals surface area (Å²) in [7, 11) is 1.83. The molecule has 1 aliphatic rings. The Balaban J connectivity index is 2.57. The number of hydrogen-bond donors (Lipinski definition) is 1. The summed E-state index contributed by atoms with van der Waals surface area (Å²) < 4.78 is 38.7. The quantitative estimate of drug-likeness (QED) is 0.677. The van der Waals surface area contributed by atoms with E-state index >= 15 is 0 Å². The lowest BCUT2D eigenvalue weighted by Gasteiger charge is -2.21. The Hall–Kier alpha value is -2.16. The Morgan fingerprint density at radius 2 is 2.13 bits per heavy atom. The number of nitrogens with two attached hydrogens (primary N) is 1. The second-order valence-electron chi connectivity index (χ2n) is 5.62. The largest absolute Gasteiger partial charge is 0.416 e. The number of alkyl halides is 3. The van der Waals surface area contributed by atoms with Crippen LogP contribution in [0.15, 0.2) is 12.1 Å². The molecule has 9 heteroatoms. The van der Waals surface area contributed by atoms with Gasteiger partial charge in [0.05, 0.1) is 10.5 Å². The Morgan fingerprint density at radius 1 is 1.48 bits per heavy atom. The third-order valence-corrected chi connectivity index (χ3v) is 4.13. The van der Waals surface area contributed by atoms with Gasteiger partial charge in [-0.05, 0) is 38.9 Å². The number of carbonyl (C=O) groups excluding carboxylic acids is 1. The smallest absolute Gasteiger partial charge is 0.366 e. The number of rotatable bonds is 4. The van der Waals surface area contributed by atoms with Crippen molar-refractivity contribution in [3.63, 3.8) is 0 Å². The molecule has 1 aromatic rings. The van der Waals surface area contributed by atoms with Crippen LogP contribution in [0.5, 0.6) is 0 Å². The average Bonchev–Trinajstić information content (AvgIpc) is 2.82. The van der Waals surface area contributed by atoms with E-state index in [1.165, 1.54) is 0 Å². The number of hydrogen-bond acceptors (Lipinski definition) is 4. The molecule has 0 saturated carbocycles. The van der Waals surface area contributed by atoms with Crippen molar-refractivity contribution in [3.05, 3.63) is 38.9 Å². The third-order valence-electron chi connectivity index (χ3n) is 4.13. The summed E-state index contributed by atoms with van der Waals surface area (Å²) in [6, 6.07) is 1.000. The maximum absolute atomic E-state index is 12.9. The fourth-order valence-electron chi connectivity index (χ4n) is 2.89. The summed E-state index contributed by atoms with van der Waals surface area (Å²) >= 11 is 0. The summed E-state index contributed by atoms with van der Waals surface area (Å²) in [5, 5.41) is 11.2. The van der Waals surface area contributed by atoms with Crippen LogP contribution in [-0.2, 0) is 12.6 Å². The zero-order chi connectivity index (χ0) is 17.4. The van der Waals surface area contributed by atoms with Crippen LogP contribution in [0.1, 0.15) is 34.3 Å². The van der Waals surface area contributed by atoms with Crippen LogP contribution in [0.4, 0.5) is 18.9 Å². The van der Waals surface area contributed by atoms with E-state index in [1.54, 1.807) is 0 Å². The molecular weight excluding hydrogens is 315 g/mol. The zero-order valence-electron chi connectivity index (χ0n) is 12.4. The van der Waals surface area contributed by atoms with E-state index in [9.17, 15) is 28.1 Å². The van der Waals surface area contributed by atoms with Gasteiger partial charge in [-0.15, -0.1) is 0 Å². The molecule has 0 bridgehead atoms. The minimum atomic E-state index is -4.79. The highest BCUT2D eigenvalue weighted by Crippen LogP contribution is 2.36. The fourth-order valence-corrected chi connectivity index (χ4v) is 2.89. The van der Waals surface area contributed by atoms with Crippen molar-refractivity contribution in [2.75, 3.05) is 13.6 Å². The van der Waals surface area contributed by atoms with E-state index in [1.807, 2.05) is 11.9 Å². The van der Waals surface area contributed by atoms with E-state index < -0.39 is 33.8 Å².